The van der Waals surface area contributed by atoms with E-state index in [9.17, 15) is 24.2 Å². The van der Waals surface area contributed by atoms with E-state index in [1.807, 2.05) is 0 Å². The number of allylic oxidation sites excluding steroid dienone is 6. The second kappa shape index (κ2) is 49.7. The standard InChI is InChI=1S/C53H100NO8P/c1-3-5-7-9-11-13-15-17-19-21-23-24-25-26-28-30-32-34-36-38-40-42-44-46-53(57)60-49-51(55)50-62-63(58,59)61-48-47-54-52(56)45-43-41-39-37-35-33-31-29-27-22-20-18-16-14-12-10-8-6-4-2/h11,13,17-20,51,55H,3-10,12,14-16,21-50H2,1-2H3,(H,54,56)(H,58,59)/b13-11-,19-17-,20-18+. The van der Waals surface area contributed by atoms with Gasteiger partial charge in [0.25, 0.3) is 0 Å². The average Bonchev–Trinajstić information content (AvgIpc) is 3.27. The first-order chi connectivity index (χ1) is 30.8. The van der Waals surface area contributed by atoms with Crippen LogP contribution in [0.5, 0.6) is 0 Å². The van der Waals surface area contributed by atoms with E-state index in [-0.39, 0.29) is 32.1 Å². The summed E-state index contributed by atoms with van der Waals surface area (Å²) < 4.78 is 27.0. The van der Waals surface area contributed by atoms with Crippen molar-refractivity contribution in [3.05, 3.63) is 36.5 Å². The molecule has 1 amide bonds. The SMILES string of the molecule is CCCCC/C=C\C/C=C\CCCCCCCCCCCCCCCC(=O)OCC(O)COP(=O)(O)OCCNC(=O)CCCCCCCCCCC/C=C/CCCCCCCC. The zero-order valence-electron chi connectivity index (χ0n) is 41.0. The number of aliphatic hydroxyl groups excluding tert-OH is 1. The molecule has 2 unspecified atom stereocenters. The minimum atomic E-state index is -4.42. The maximum absolute atomic E-state index is 12.2. The quantitative estimate of drug-likeness (QED) is 0.0238. The third kappa shape index (κ3) is 51.1. The van der Waals surface area contributed by atoms with Crippen molar-refractivity contribution in [1.82, 2.24) is 5.32 Å². The lowest BCUT2D eigenvalue weighted by Crippen LogP contribution is -2.27. The van der Waals surface area contributed by atoms with Gasteiger partial charge in [0.2, 0.25) is 5.91 Å². The fourth-order valence-electron chi connectivity index (χ4n) is 7.53. The smallest absolute Gasteiger partial charge is 0.463 e. The molecule has 370 valence electrons. The Bertz CT molecular complexity index is 1130. The molecule has 2 atom stereocenters. The molecule has 0 aliphatic heterocycles. The van der Waals surface area contributed by atoms with Gasteiger partial charge in [-0.25, -0.2) is 4.57 Å². The highest BCUT2D eigenvalue weighted by molar-refractivity contribution is 7.47. The Kier molecular flexibility index (Phi) is 48.3. The van der Waals surface area contributed by atoms with Gasteiger partial charge in [-0.15, -0.1) is 0 Å². The van der Waals surface area contributed by atoms with Gasteiger partial charge in [-0.1, -0.05) is 211 Å². The summed E-state index contributed by atoms with van der Waals surface area (Å²) >= 11 is 0. The number of esters is 1. The first-order valence-electron chi connectivity index (χ1n) is 26.5. The molecular formula is C53H100NO8P. The van der Waals surface area contributed by atoms with Gasteiger partial charge in [-0.05, 0) is 70.6 Å². The lowest BCUT2D eigenvalue weighted by molar-refractivity contribution is -0.147. The van der Waals surface area contributed by atoms with Crippen LogP contribution < -0.4 is 5.32 Å². The molecule has 0 aliphatic rings. The van der Waals surface area contributed by atoms with Crippen molar-refractivity contribution >= 4 is 19.7 Å². The Morgan fingerprint density at radius 1 is 0.492 bits per heavy atom. The van der Waals surface area contributed by atoms with Crippen molar-refractivity contribution in [3.63, 3.8) is 0 Å². The minimum absolute atomic E-state index is 0.0822. The van der Waals surface area contributed by atoms with Crippen LogP contribution in [0, 0.1) is 0 Å². The number of hydrogen-bond acceptors (Lipinski definition) is 7. The van der Waals surface area contributed by atoms with Crippen LogP contribution >= 0.6 is 7.82 Å². The van der Waals surface area contributed by atoms with Gasteiger partial charge in [0.05, 0.1) is 13.2 Å². The van der Waals surface area contributed by atoms with Gasteiger partial charge in [-0.3, -0.25) is 18.6 Å². The van der Waals surface area contributed by atoms with Crippen molar-refractivity contribution in [2.75, 3.05) is 26.4 Å². The van der Waals surface area contributed by atoms with E-state index >= 15 is 0 Å². The van der Waals surface area contributed by atoms with Gasteiger partial charge < -0.3 is 20.1 Å². The Labute approximate surface area is 388 Å². The Hall–Kier alpha value is -1.77. The second-order valence-corrected chi connectivity index (χ2v) is 19.3. The van der Waals surface area contributed by atoms with Crippen molar-refractivity contribution < 1.29 is 37.9 Å². The number of unbranched alkanes of at least 4 members (excludes halogenated alkanes) is 31. The summed E-state index contributed by atoms with van der Waals surface area (Å²) in [4.78, 5) is 34.1. The number of ether oxygens (including phenoxy) is 1. The van der Waals surface area contributed by atoms with Crippen molar-refractivity contribution in [2.24, 2.45) is 0 Å². The zero-order chi connectivity index (χ0) is 46.0. The number of phosphoric acid groups is 1. The van der Waals surface area contributed by atoms with Crippen molar-refractivity contribution in [3.8, 4) is 0 Å². The van der Waals surface area contributed by atoms with Crippen LogP contribution in [0.2, 0.25) is 0 Å². The van der Waals surface area contributed by atoms with Crippen LogP contribution in [0.15, 0.2) is 36.5 Å². The minimum Gasteiger partial charge on any atom is -0.463 e. The number of aliphatic hydroxyl groups is 1. The van der Waals surface area contributed by atoms with Gasteiger partial charge >= 0.3 is 13.8 Å². The fourth-order valence-corrected chi connectivity index (χ4v) is 8.28. The molecule has 0 aromatic heterocycles. The van der Waals surface area contributed by atoms with Crippen LogP contribution in [-0.4, -0.2) is 54.3 Å². The highest BCUT2D eigenvalue weighted by atomic mass is 31.2. The van der Waals surface area contributed by atoms with Crippen LogP contribution in [0.25, 0.3) is 0 Å². The van der Waals surface area contributed by atoms with Gasteiger partial charge in [0, 0.05) is 19.4 Å². The summed E-state index contributed by atoms with van der Waals surface area (Å²) in [7, 11) is -4.42. The largest absolute Gasteiger partial charge is 0.472 e. The zero-order valence-corrected chi connectivity index (χ0v) is 41.9. The molecule has 0 saturated carbocycles. The van der Waals surface area contributed by atoms with E-state index in [4.69, 9.17) is 13.8 Å². The van der Waals surface area contributed by atoms with E-state index in [0.29, 0.717) is 6.42 Å². The number of carbonyl (C=O) groups excluding carboxylic acids is 2. The molecule has 0 heterocycles. The molecule has 0 aromatic carbocycles. The molecule has 63 heavy (non-hydrogen) atoms. The average molecular weight is 910 g/mol. The molecule has 0 bridgehead atoms. The molecule has 9 nitrogen and oxygen atoms in total. The number of hydrogen-bond donors (Lipinski definition) is 3. The highest BCUT2D eigenvalue weighted by Gasteiger charge is 2.23. The van der Waals surface area contributed by atoms with Gasteiger partial charge in [-0.2, -0.15) is 0 Å². The third-order valence-electron chi connectivity index (χ3n) is 11.5. The van der Waals surface area contributed by atoms with Crippen molar-refractivity contribution in [2.45, 2.75) is 264 Å². The van der Waals surface area contributed by atoms with Crippen LogP contribution in [0.1, 0.15) is 258 Å². The predicted molar refractivity (Wildman–Crippen MR) is 266 cm³/mol. The van der Waals surface area contributed by atoms with Crippen LogP contribution in [-0.2, 0) is 27.9 Å². The first kappa shape index (κ1) is 61.2. The van der Waals surface area contributed by atoms with Crippen LogP contribution in [0.4, 0.5) is 0 Å². The molecule has 0 spiro atoms. The number of phosphoric ester groups is 1. The predicted octanol–water partition coefficient (Wildman–Crippen LogP) is 15.7. The topological polar surface area (TPSA) is 131 Å². The van der Waals surface area contributed by atoms with E-state index < -0.39 is 26.5 Å². The van der Waals surface area contributed by atoms with Crippen molar-refractivity contribution in [1.29, 1.82) is 0 Å². The van der Waals surface area contributed by atoms with Gasteiger partial charge in [0.15, 0.2) is 0 Å². The van der Waals surface area contributed by atoms with Crippen LogP contribution in [0.3, 0.4) is 0 Å². The Morgan fingerprint density at radius 2 is 0.857 bits per heavy atom. The molecule has 3 N–H and O–H groups in total. The summed E-state index contributed by atoms with van der Waals surface area (Å²) in [5, 5.41) is 12.8. The lowest BCUT2D eigenvalue weighted by atomic mass is 10.0. The summed E-state index contributed by atoms with van der Waals surface area (Å²) in [6.07, 6.45) is 58.0. The molecule has 0 aromatic rings. The number of amides is 1. The maximum Gasteiger partial charge on any atom is 0.472 e. The van der Waals surface area contributed by atoms with E-state index in [0.717, 1.165) is 44.9 Å². The van der Waals surface area contributed by atoms with E-state index in [1.54, 1.807) is 0 Å². The van der Waals surface area contributed by atoms with Gasteiger partial charge in [0.1, 0.15) is 12.7 Å². The fraction of sp³-hybridized carbons (Fsp3) is 0.849. The monoisotopic (exact) mass is 910 g/mol. The summed E-state index contributed by atoms with van der Waals surface area (Å²) in [5.74, 6) is -0.511. The summed E-state index contributed by atoms with van der Waals surface area (Å²) in [5.41, 5.74) is 0. The molecule has 0 aliphatic carbocycles. The first-order valence-corrected chi connectivity index (χ1v) is 28.0. The molecule has 10 heteroatoms. The number of nitrogens with one attached hydrogen (secondary N) is 1. The maximum atomic E-state index is 12.2. The summed E-state index contributed by atoms with van der Waals surface area (Å²) in [6.45, 7) is 3.56. The summed E-state index contributed by atoms with van der Waals surface area (Å²) in [6, 6.07) is 0. The van der Waals surface area contributed by atoms with E-state index in [1.165, 1.54) is 186 Å². The Balaban J connectivity index is 3.53. The number of rotatable bonds is 50. The number of carbonyl (C=O) groups is 2. The normalized spacial score (nSPS) is 13.4. The lowest BCUT2D eigenvalue weighted by Gasteiger charge is -2.15. The highest BCUT2D eigenvalue weighted by Crippen LogP contribution is 2.42. The third-order valence-corrected chi connectivity index (χ3v) is 12.5. The molecule has 0 saturated heterocycles. The second-order valence-electron chi connectivity index (χ2n) is 17.8. The van der Waals surface area contributed by atoms with E-state index in [2.05, 4.69) is 55.6 Å². The molecule has 0 radical (unpaired) electrons. The molecule has 0 rings (SSSR count). The Morgan fingerprint density at radius 3 is 1.32 bits per heavy atom. The molecule has 0 fully saturated rings. The molecular weight excluding hydrogens is 810 g/mol.